The maximum atomic E-state index is 14.1. The first kappa shape index (κ1) is 30.2. The van der Waals surface area contributed by atoms with E-state index < -0.39 is 5.76 Å². The van der Waals surface area contributed by atoms with Gasteiger partial charge in [0.2, 0.25) is 0 Å². The number of piperidine rings is 1. The van der Waals surface area contributed by atoms with Crippen LogP contribution in [0.2, 0.25) is 0 Å². The second-order valence-electron chi connectivity index (χ2n) is 12.5. The van der Waals surface area contributed by atoms with Crippen LogP contribution in [-0.4, -0.2) is 42.7 Å². The second-order valence-corrected chi connectivity index (χ2v) is 13.0. The van der Waals surface area contributed by atoms with E-state index in [-0.39, 0.29) is 5.56 Å². The fourth-order valence-electron chi connectivity index (χ4n) is 7.03. The molecule has 1 N–H and O–H groups in total. The summed E-state index contributed by atoms with van der Waals surface area (Å²) in [5, 5.41) is 3.87. The van der Waals surface area contributed by atoms with Crippen molar-refractivity contribution in [1.29, 1.82) is 0 Å². The van der Waals surface area contributed by atoms with Crippen LogP contribution in [0.5, 0.6) is 0 Å². The highest BCUT2D eigenvalue weighted by molar-refractivity contribution is 7.80. The average Bonchev–Trinajstić information content (AvgIpc) is 3.69. The normalized spacial score (nSPS) is 16.1. The highest BCUT2D eigenvalue weighted by atomic mass is 32.1. The molecule has 1 saturated heterocycles. The van der Waals surface area contributed by atoms with Crippen LogP contribution in [0, 0.1) is 12.3 Å². The molecule has 4 aromatic rings. The Bertz CT molecular complexity index is 1740. The van der Waals surface area contributed by atoms with Crippen molar-refractivity contribution in [3.8, 4) is 22.5 Å². The van der Waals surface area contributed by atoms with Crippen LogP contribution >= 0.6 is 12.2 Å². The number of benzene rings is 2. The van der Waals surface area contributed by atoms with Gasteiger partial charge in [0.25, 0.3) is 5.56 Å². The lowest BCUT2D eigenvalue weighted by atomic mass is 9.77. The molecule has 0 unspecified atom stereocenters. The van der Waals surface area contributed by atoms with Gasteiger partial charge in [0.1, 0.15) is 5.82 Å². The summed E-state index contributed by atoms with van der Waals surface area (Å²) in [6.07, 6.45) is 11.1. The number of rotatable bonds is 9. The van der Waals surface area contributed by atoms with Crippen LogP contribution in [-0.2, 0) is 19.4 Å². The Labute approximate surface area is 263 Å². The van der Waals surface area contributed by atoms with Gasteiger partial charge in [0.05, 0.1) is 11.5 Å². The molecular weight excluding hydrogens is 570 g/mol. The lowest BCUT2D eigenvalue weighted by Crippen LogP contribution is -2.43. The number of nitrogens with zero attached hydrogens (tertiary/aromatic N) is 4. The number of thiocarbonyl (C=S) groups is 1. The van der Waals surface area contributed by atoms with Crippen molar-refractivity contribution in [2.24, 2.45) is 5.41 Å². The molecular formula is C35H41N5O3S. The van der Waals surface area contributed by atoms with E-state index in [4.69, 9.17) is 21.7 Å². The van der Waals surface area contributed by atoms with Gasteiger partial charge >= 0.3 is 5.76 Å². The first-order chi connectivity index (χ1) is 21.4. The molecule has 2 aliphatic rings. The fraction of sp³-hybridized carbons (Fsp3) is 0.457. The Balaban J connectivity index is 1.24. The Kier molecular flexibility index (Phi) is 8.93. The van der Waals surface area contributed by atoms with Gasteiger partial charge in [-0.15, -0.1) is 0 Å². The quantitative estimate of drug-likeness (QED) is 0.217. The van der Waals surface area contributed by atoms with Crippen molar-refractivity contribution in [2.75, 3.05) is 13.1 Å². The first-order valence-electron chi connectivity index (χ1n) is 16.0. The third kappa shape index (κ3) is 6.34. The number of hydrogen-bond acceptors (Lipinski definition) is 6. The summed E-state index contributed by atoms with van der Waals surface area (Å²) in [5.41, 5.74) is 5.74. The molecule has 1 spiro atoms. The van der Waals surface area contributed by atoms with Gasteiger partial charge in [-0.2, -0.15) is 0 Å². The van der Waals surface area contributed by atoms with E-state index in [2.05, 4.69) is 22.0 Å². The van der Waals surface area contributed by atoms with Crippen LogP contribution in [0.25, 0.3) is 22.5 Å². The molecule has 0 bridgehead atoms. The zero-order valence-electron chi connectivity index (χ0n) is 25.7. The van der Waals surface area contributed by atoms with Crippen molar-refractivity contribution in [3.05, 3.63) is 92.1 Å². The largest absolute Gasteiger partial charge is 0.439 e. The molecule has 2 fully saturated rings. The second kappa shape index (κ2) is 13.0. The van der Waals surface area contributed by atoms with E-state index in [9.17, 15) is 9.59 Å². The molecule has 0 atom stereocenters. The zero-order valence-corrected chi connectivity index (χ0v) is 26.5. The molecule has 0 amide bonds. The van der Waals surface area contributed by atoms with Gasteiger partial charge in [-0.3, -0.25) is 18.9 Å². The minimum Gasteiger partial charge on any atom is -0.366 e. The van der Waals surface area contributed by atoms with Crippen LogP contribution < -0.4 is 11.3 Å². The van der Waals surface area contributed by atoms with Gasteiger partial charge in [-0.25, -0.2) is 9.78 Å². The molecule has 1 aliphatic heterocycles. The SMILES string of the molecule is CCCCc1nc(C)c(CC(=S)N2CCC3(CCCC3)CC2)c(=O)n1Cc1ccc(-c2ccccc2-c2noc(=O)[nH]2)cc1. The van der Waals surface area contributed by atoms with Crippen LogP contribution in [0.3, 0.4) is 0 Å². The van der Waals surface area contributed by atoms with Crippen molar-refractivity contribution < 1.29 is 4.52 Å². The Morgan fingerprint density at radius 3 is 2.36 bits per heavy atom. The first-order valence-corrected chi connectivity index (χ1v) is 16.4. The highest BCUT2D eigenvalue weighted by Crippen LogP contribution is 2.46. The average molecular weight is 612 g/mol. The predicted molar refractivity (Wildman–Crippen MR) is 177 cm³/mol. The van der Waals surface area contributed by atoms with E-state index in [0.29, 0.717) is 29.8 Å². The number of hydrogen-bond donors (Lipinski definition) is 1. The van der Waals surface area contributed by atoms with Crippen LogP contribution in [0.1, 0.15) is 80.9 Å². The van der Waals surface area contributed by atoms with E-state index in [1.165, 1.54) is 38.5 Å². The third-order valence-electron chi connectivity index (χ3n) is 9.70. The minimum absolute atomic E-state index is 0.0136. The summed E-state index contributed by atoms with van der Waals surface area (Å²) in [6, 6.07) is 15.9. The molecule has 9 heteroatoms. The molecule has 2 aromatic heterocycles. The molecule has 3 heterocycles. The number of unbranched alkanes of at least 4 members (excludes halogenated alkanes) is 1. The van der Waals surface area contributed by atoms with Crippen LogP contribution in [0.15, 0.2) is 62.6 Å². The fourth-order valence-corrected chi connectivity index (χ4v) is 7.35. The maximum Gasteiger partial charge on any atom is 0.439 e. The Morgan fingerprint density at radius 1 is 1.00 bits per heavy atom. The van der Waals surface area contributed by atoms with Gasteiger partial charge in [-0.1, -0.05) is 92.1 Å². The zero-order chi connectivity index (χ0) is 30.7. The van der Waals surface area contributed by atoms with Crippen molar-refractivity contribution in [3.63, 3.8) is 0 Å². The van der Waals surface area contributed by atoms with E-state index >= 15 is 0 Å². The number of aryl methyl sites for hydroxylation is 2. The Hall–Kier alpha value is -3.85. The summed E-state index contributed by atoms with van der Waals surface area (Å²) in [7, 11) is 0. The maximum absolute atomic E-state index is 14.1. The smallest absolute Gasteiger partial charge is 0.366 e. The van der Waals surface area contributed by atoms with E-state index in [1.807, 2.05) is 60.0 Å². The molecule has 0 radical (unpaired) electrons. The molecule has 8 nitrogen and oxygen atoms in total. The summed E-state index contributed by atoms with van der Waals surface area (Å²) in [6.45, 7) is 6.54. The van der Waals surface area contributed by atoms with Crippen LogP contribution in [0.4, 0.5) is 0 Å². The third-order valence-corrected chi connectivity index (χ3v) is 10.1. The molecule has 6 rings (SSSR count). The summed E-state index contributed by atoms with van der Waals surface area (Å²) < 4.78 is 6.59. The van der Waals surface area contributed by atoms with Gasteiger partial charge in [0, 0.05) is 42.8 Å². The topological polar surface area (TPSA) is 97.0 Å². The minimum atomic E-state index is -0.588. The monoisotopic (exact) mass is 611 g/mol. The predicted octanol–water partition coefficient (Wildman–Crippen LogP) is 6.48. The van der Waals surface area contributed by atoms with E-state index in [0.717, 1.165) is 71.1 Å². The molecule has 1 saturated carbocycles. The lowest BCUT2D eigenvalue weighted by Gasteiger charge is -2.40. The molecule has 230 valence electrons. The number of aromatic amines is 1. The number of aromatic nitrogens is 4. The summed E-state index contributed by atoms with van der Waals surface area (Å²) in [5.74, 6) is 0.629. The highest BCUT2D eigenvalue weighted by Gasteiger charge is 2.37. The molecule has 1 aliphatic carbocycles. The number of nitrogens with one attached hydrogen (secondary N) is 1. The summed E-state index contributed by atoms with van der Waals surface area (Å²) >= 11 is 5.94. The van der Waals surface area contributed by atoms with Gasteiger partial charge < -0.3 is 4.90 Å². The van der Waals surface area contributed by atoms with E-state index in [1.54, 1.807) is 0 Å². The number of likely N-dealkylation sites (tertiary alicyclic amines) is 1. The lowest BCUT2D eigenvalue weighted by molar-refractivity contribution is 0.154. The van der Waals surface area contributed by atoms with Crippen molar-refractivity contribution in [1.82, 2.24) is 24.6 Å². The van der Waals surface area contributed by atoms with Gasteiger partial charge in [0.15, 0.2) is 5.82 Å². The van der Waals surface area contributed by atoms with Crippen molar-refractivity contribution >= 4 is 17.2 Å². The molecule has 44 heavy (non-hydrogen) atoms. The van der Waals surface area contributed by atoms with Gasteiger partial charge in [-0.05, 0) is 61.1 Å². The summed E-state index contributed by atoms with van der Waals surface area (Å²) in [4.78, 5) is 36.5. The Morgan fingerprint density at radius 2 is 1.70 bits per heavy atom. The standard InChI is InChI=1S/C35H41N5O3S/c1-3-4-11-30-36-24(2)29(22-31(44)39-20-18-35(19-21-39)16-7-8-17-35)33(41)40(30)23-25-12-14-26(15-13-25)27-9-5-6-10-28(27)32-37-34(42)43-38-32/h5-6,9-10,12-15H,3-4,7-8,11,16-23H2,1-2H3,(H,37,38,42). The van der Waals surface area contributed by atoms with Crippen molar-refractivity contribution in [2.45, 2.75) is 84.6 Å². The molecule has 2 aromatic carbocycles. The number of H-pyrrole nitrogens is 1.